The molecule has 6 aromatic carbocycles. The molecular weight excluding hydrogens is 560 g/mol. The molecule has 8 nitrogen and oxygen atoms in total. The minimum Gasteiger partial charge on any atom is -0.508 e. The van der Waals surface area contributed by atoms with Crippen molar-refractivity contribution in [2.45, 2.75) is 0 Å². The van der Waals surface area contributed by atoms with Crippen LogP contribution in [0.4, 0.5) is 0 Å². The van der Waals surface area contributed by atoms with Gasteiger partial charge in [-0.05, 0) is 116 Å². The minimum absolute atomic E-state index is 0.125. The Hall–Kier alpha value is -6.28. The molecule has 0 saturated heterocycles. The quantitative estimate of drug-likeness (QED) is 0.102. The lowest BCUT2D eigenvalue weighted by molar-refractivity contribution is 0.450. The van der Waals surface area contributed by atoms with Gasteiger partial charge in [-0.2, -0.15) is 0 Å². The SMILES string of the molecule is Oc1cc(O)cc(-c2ccc(-c3ccc(-c4cc(O)cc(O)c4)cc3-c3cc(O)cc(O)c3)c(-c3cc(O)cc(O)c3)c2)c1. The van der Waals surface area contributed by atoms with Gasteiger partial charge in [0.15, 0.2) is 0 Å². The highest BCUT2D eigenvalue weighted by Gasteiger charge is 2.18. The highest BCUT2D eigenvalue weighted by Crippen LogP contribution is 2.45. The summed E-state index contributed by atoms with van der Waals surface area (Å²) in [4.78, 5) is 0. The summed E-state index contributed by atoms with van der Waals surface area (Å²) in [7, 11) is 0. The molecule has 0 bridgehead atoms. The molecule has 0 unspecified atom stereocenters. The van der Waals surface area contributed by atoms with Gasteiger partial charge in [-0.15, -0.1) is 0 Å². The molecule has 0 aliphatic carbocycles. The zero-order valence-corrected chi connectivity index (χ0v) is 23.0. The van der Waals surface area contributed by atoms with E-state index in [2.05, 4.69) is 0 Å². The Morgan fingerprint density at radius 2 is 0.455 bits per heavy atom. The molecule has 44 heavy (non-hydrogen) atoms. The van der Waals surface area contributed by atoms with Crippen molar-refractivity contribution in [2.24, 2.45) is 0 Å². The average molecular weight is 587 g/mol. The largest absolute Gasteiger partial charge is 0.508 e. The number of phenolic OH excluding ortho intramolecular Hbond substituents is 8. The number of aromatic hydroxyl groups is 8. The molecule has 0 spiro atoms. The number of benzene rings is 6. The van der Waals surface area contributed by atoms with Crippen molar-refractivity contribution in [1.29, 1.82) is 0 Å². The highest BCUT2D eigenvalue weighted by molar-refractivity contribution is 5.95. The molecule has 8 N–H and O–H groups in total. The summed E-state index contributed by atoms with van der Waals surface area (Å²) < 4.78 is 0. The van der Waals surface area contributed by atoms with E-state index in [0.717, 1.165) is 0 Å². The Kier molecular flexibility index (Phi) is 6.87. The Morgan fingerprint density at radius 1 is 0.205 bits per heavy atom. The first-order chi connectivity index (χ1) is 21.0. The van der Waals surface area contributed by atoms with E-state index in [-0.39, 0.29) is 46.0 Å². The van der Waals surface area contributed by atoms with Crippen LogP contribution in [-0.2, 0) is 0 Å². The van der Waals surface area contributed by atoms with Gasteiger partial charge in [-0.1, -0.05) is 24.3 Å². The topological polar surface area (TPSA) is 162 Å². The molecule has 0 amide bonds. The van der Waals surface area contributed by atoms with Crippen LogP contribution in [0.3, 0.4) is 0 Å². The van der Waals surface area contributed by atoms with Gasteiger partial charge in [0.05, 0.1) is 0 Å². The summed E-state index contributed by atoms with van der Waals surface area (Å²) in [6, 6.07) is 27.6. The lowest BCUT2D eigenvalue weighted by Gasteiger charge is -2.18. The molecule has 0 atom stereocenters. The van der Waals surface area contributed by atoms with Gasteiger partial charge < -0.3 is 40.9 Å². The number of phenols is 8. The van der Waals surface area contributed by atoms with Crippen molar-refractivity contribution < 1.29 is 40.9 Å². The van der Waals surface area contributed by atoms with Gasteiger partial charge in [0, 0.05) is 24.3 Å². The van der Waals surface area contributed by atoms with E-state index in [1.165, 1.54) is 72.8 Å². The summed E-state index contributed by atoms with van der Waals surface area (Å²) in [6.45, 7) is 0. The molecule has 0 heterocycles. The second kappa shape index (κ2) is 10.8. The molecular formula is C36H26O8. The molecule has 6 aromatic rings. The number of rotatable bonds is 5. The normalized spacial score (nSPS) is 11.0. The van der Waals surface area contributed by atoms with Crippen LogP contribution in [0.1, 0.15) is 0 Å². The first-order valence-corrected chi connectivity index (χ1v) is 13.4. The van der Waals surface area contributed by atoms with Gasteiger partial charge in [-0.25, -0.2) is 0 Å². The fourth-order valence-corrected chi connectivity index (χ4v) is 5.42. The number of hydrogen-bond acceptors (Lipinski definition) is 8. The summed E-state index contributed by atoms with van der Waals surface area (Å²) in [5.41, 5.74) is 5.68. The van der Waals surface area contributed by atoms with E-state index < -0.39 is 0 Å². The third kappa shape index (κ3) is 5.60. The molecule has 6 rings (SSSR count). The van der Waals surface area contributed by atoms with Gasteiger partial charge in [0.1, 0.15) is 46.0 Å². The molecule has 0 radical (unpaired) electrons. The second-order valence-corrected chi connectivity index (χ2v) is 10.5. The van der Waals surface area contributed by atoms with Crippen LogP contribution in [-0.4, -0.2) is 40.9 Å². The number of hydrogen-bond donors (Lipinski definition) is 8. The van der Waals surface area contributed by atoms with Crippen LogP contribution in [0.25, 0.3) is 55.6 Å². The van der Waals surface area contributed by atoms with Crippen LogP contribution < -0.4 is 0 Å². The minimum atomic E-state index is -0.163. The van der Waals surface area contributed by atoms with Gasteiger partial charge in [0.25, 0.3) is 0 Å². The van der Waals surface area contributed by atoms with Gasteiger partial charge in [-0.3, -0.25) is 0 Å². The third-order valence-electron chi connectivity index (χ3n) is 7.23. The maximum absolute atomic E-state index is 10.4. The average Bonchev–Trinajstić information content (AvgIpc) is 2.94. The van der Waals surface area contributed by atoms with E-state index >= 15 is 0 Å². The van der Waals surface area contributed by atoms with Gasteiger partial charge in [0.2, 0.25) is 0 Å². The monoisotopic (exact) mass is 586 g/mol. The first-order valence-electron chi connectivity index (χ1n) is 13.4. The Bertz CT molecular complexity index is 1840. The molecule has 0 aliphatic rings. The summed E-state index contributed by atoms with van der Waals surface area (Å²) in [6.07, 6.45) is 0. The lowest BCUT2D eigenvalue weighted by Crippen LogP contribution is -1.92. The zero-order valence-electron chi connectivity index (χ0n) is 23.0. The maximum atomic E-state index is 10.4. The maximum Gasteiger partial charge on any atom is 0.119 e. The molecule has 0 saturated carbocycles. The fraction of sp³-hybridized carbons (Fsp3) is 0. The Morgan fingerprint density at radius 3 is 0.727 bits per heavy atom. The molecule has 8 heteroatoms. The van der Waals surface area contributed by atoms with Crippen LogP contribution in [0.5, 0.6) is 46.0 Å². The fourth-order valence-electron chi connectivity index (χ4n) is 5.42. The highest BCUT2D eigenvalue weighted by atomic mass is 16.3. The zero-order chi connectivity index (χ0) is 31.1. The molecule has 0 aliphatic heterocycles. The van der Waals surface area contributed by atoms with E-state index in [1.807, 2.05) is 12.1 Å². The third-order valence-corrected chi connectivity index (χ3v) is 7.23. The smallest absolute Gasteiger partial charge is 0.119 e. The first kappa shape index (κ1) is 27.9. The van der Waals surface area contributed by atoms with Crippen molar-refractivity contribution in [3.63, 3.8) is 0 Å². The predicted octanol–water partition coefficient (Wildman–Crippen LogP) is 7.67. The van der Waals surface area contributed by atoms with Crippen molar-refractivity contribution >= 4 is 0 Å². The van der Waals surface area contributed by atoms with E-state index in [9.17, 15) is 40.9 Å². The van der Waals surface area contributed by atoms with Gasteiger partial charge >= 0.3 is 0 Å². The summed E-state index contributed by atoms with van der Waals surface area (Å²) >= 11 is 0. The van der Waals surface area contributed by atoms with E-state index in [1.54, 1.807) is 24.3 Å². The standard InChI is InChI=1S/C36H26O8/c37-25-5-21(6-26(38)15-25)19-1-3-33(35(13-19)23-9-29(41)17-30(42)10-23)34-4-2-20(22-7-27(39)16-28(40)8-22)14-36(34)24-11-31(43)18-32(44)12-24/h1-18,37-44H. The molecule has 0 fully saturated rings. The van der Waals surface area contributed by atoms with Crippen LogP contribution >= 0.6 is 0 Å². The van der Waals surface area contributed by atoms with Crippen molar-refractivity contribution in [3.8, 4) is 102 Å². The molecule has 0 aromatic heterocycles. The van der Waals surface area contributed by atoms with Crippen molar-refractivity contribution in [2.75, 3.05) is 0 Å². The predicted molar refractivity (Wildman–Crippen MR) is 167 cm³/mol. The van der Waals surface area contributed by atoms with Crippen molar-refractivity contribution in [3.05, 3.63) is 109 Å². The Balaban J connectivity index is 1.64. The summed E-state index contributed by atoms with van der Waals surface area (Å²) in [5, 5.41) is 81.9. The van der Waals surface area contributed by atoms with Crippen molar-refractivity contribution in [1.82, 2.24) is 0 Å². The van der Waals surface area contributed by atoms with Crippen LogP contribution in [0.15, 0.2) is 109 Å². The summed E-state index contributed by atoms with van der Waals surface area (Å²) in [5.74, 6) is -1.15. The Labute approximate surface area is 251 Å². The second-order valence-electron chi connectivity index (χ2n) is 10.5. The van der Waals surface area contributed by atoms with Crippen LogP contribution in [0.2, 0.25) is 0 Å². The lowest BCUT2D eigenvalue weighted by atomic mass is 9.86. The molecule has 218 valence electrons. The van der Waals surface area contributed by atoms with E-state index in [0.29, 0.717) is 55.6 Å². The van der Waals surface area contributed by atoms with Crippen LogP contribution in [0, 0.1) is 0 Å². The van der Waals surface area contributed by atoms with E-state index in [4.69, 9.17) is 0 Å².